The molecule has 1 rings (SSSR count). The summed E-state index contributed by atoms with van der Waals surface area (Å²) in [6.45, 7) is 9.41. The van der Waals surface area contributed by atoms with Gasteiger partial charge in [0.05, 0.1) is 6.54 Å². The van der Waals surface area contributed by atoms with Gasteiger partial charge in [0, 0.05) is 12.6 Å². The Kier molecular flexibility index (Phi) is 11.0. The highest BCUT2D eigenvalue weighted by molar-refractivity contribution is 14.0. The smallest absolute Gasteiger partial charge is 0.191 e. The fourth-order valence-corrected chi connectivity index (χ4v) is 1.76. The predicted octanol–water partition coefficient (Wildman–Crippen LogP) is 3.56. The minimum Gasteiger partial charge on any atom is -0.485 e. The lowest BCUT2D eigenvalue weighted by atomic mass is 10.2. The van der Waals surface area contributed by atoms with Gasteiger partial charge in [0.15, 0.2) is 17.5 Å². The Bertz CT molecular complexity index is 455. The first-order valence-corrected chi connectivity index (χ1v) is 7.52. The van der Waals surface area contributed by atoms with Crippen molar-refractivity contribution in [1.29, 1.82) is 0 Å². The Balaban J connectivity index is 0.00000441. The molecule has 126 valence electrons. The molecule has 22 heavy (non-hydrogen) atoms. The van der Waals surface area contributed by atoms with Crippen molar-refractivity contribution in [3.8, 4) is 5.75 Å². The van der Waals surface area contributed by atoms with E-state index in [1.165, 1.54) is 6.07 Å². The molecule has 0 amide bonds. The average Bonchev–Trinajstić information content (AvgIpc) is 2.44. The van der Waals surface area contributed by atoms with Crippen LogP contribution in [0.2, 0.25) is 0 Å². The Morgan fingerprint density at radius 3 is 2.50 bits per heavy atom. The summed E-state index contributed by atoms with van der Waals surface area (Å²) in [6, 6.07) is 6.75. The first kappa shape index (κ1) is 20.9. The van der Waals surface area contributed by atoms with Crippen LogP contribution in [0.5, 0.6) is 5.75 Å². The lowest BCUT2D eigenvalue weighted by molar-refractivity contribution is 0.196. The molecule has 1 atom stereocenters. The number of ether oxygens (including phenoxy) is 1. The van der Waals surface area contributed by atoms with Crippen molar-refractivity contribution in [3.63, 3.8) is 0 Å². The van der Waals surface area contributed by atoms with Crippen LogP contribution in [0, 0.1) is 5.82 Å². The van der Waals surface area contributed by atoms with Crippen molar-refractivity contribution < 1.29 is 9.13 Å². The molecule has 0 aliphatic carbocycles. The van der Waals surface area contributed by atoms with Crippen LogP contribution in [0.4, 0.5) is 4.39 Å². The van der Waals surface area contributed by atoms with Gasteiger partial charge >= 0.3 is 0 Å². The maximum absolute atomic E-state index is 13.6. The van der Waals surface area contributed by atoms with Crippen molar-refractivity contribution in [1.82, 2.24) is 10.6 Å². The lowest BCUT2D eigenvalue weighted by Crippen LogP contribution is -2.41. The summed E-state index contributed by atoms with van der Waals surface area (Å²) in [5.41, 5.74) is 0. The minimum atomic E-state index is -0.341. The zero-order chi connectivity index (χ0) is 15.7. The molecule has 0 aromatic heterocycles. The van der Waals surface area contributed by atoms with Gasteiger partial charge in [0.2, 0.25) is 0 Å². The second-order valence-electron chi connectivity index (χ2n) is 5.10. The van der Waals surface area contributed by atoms with Gasteiger partial charge in [0.25, 0.3) is 0 Å². The minimum absolute atomic E-state index is 0. The summed E-state index contributed by atoms with van der Waals surface area (Å²) < 4.78 is 19.3. The molecule has 1 aromatic rings. The summed E-state index contributed by atoms with van der Waals surface area (Å²) in [7, 11) is 0. The lowest BCUT2D eigenvalue weighted by Gasteiger charge is -2.18. The molecule has 6 heteroatoms. The molecule has 0 spiro atoms. The third-order valence-electron chi connectivity index (χ3n) is 2.81. The molecule has 0 aliphatic heterocycles. The number of hydrogen-bond acceptors (Lipinski definition) is 2. The fraction of sp³-hybridized carbons (Fsp3) is 0.562. The van der Waals surface area contributed by atoms with Crippen LogP contribution in [0.15, 0.2) is 29.3 Å². The SMILES string of the molecule is CCNC(=NCC(CC)Oc1ccccc1F)NC(C)C.I. The van der Waals surface area contributed by atoms with Crippen LogP contribution in [0.25, 0.3) is 0 Å². The number of aliphatic imine (C=N–C) groups is 1. The van der Waals surface area contributed by atoms with E-state index in [0.29, 0.717) is 12.6 Å². The second-order valence-corrected chi connectivity index (χ2v) is 5.10. The van der Waals surface area contributed by atoms with E-state index in [0.717, 1.165) is 18.9 Å². The Morgan fingerprint density at radius 2 is 1.95 bits per heavy atom. The molecule has 0 radical (unpaired) electrons. The Labute approximate surface area is 149 Å². The number of halogens is 2. The molecule has 4 nitrogen and oxygen atoms in total. The highest BCUT2D eigenvalue weighted by Gasteiger charge is 2.11. The highest BCUT2D eigenvalue weighted by Crippen LogP contribution is 2.18. The average molecular weight is 423 g/mol. The van der Waals surface area contributed by atoms with Crippen LogP contribution in [0.3, 0.4) is 0 Å². The van der Waals surface area contributed by atoms with E-state index in [2.05, 4.69) is 29.5 Å². The number of para-hydroxylation sites is 1. The normalized spacial score (nSPS) is 12.5. The summed E-state index contributed by atoms with van der Waals surface area (Å²) in [5.74, 6) is 0.691. The van der Waals surface area contributed by atoms with Crippen molar-refractivity contribution in [2.45, 2.75) is 46.3 Å². The number of guanidine groups is 1. The number of benzene rings is 1. The summed E-state index contributed by atoms with van der Waals surface area (Å²) in [6.07, 6.45) is 0.614. The maximum Gasteiger partial charge on any atom is 0.191 e. The van der Waals surface area contributed by atoms with Crippen LogP contribution in [-0.2, 0) is 0 Å². The molecule has 0 saturated heterocycles. The number of hydrogen-bond donors (Lipinski definition) is 2. The molecule has 1 aromatic carbocycles. The summed E-state index contributed by atoms with van der Waals surface area (Å²) in [5, 5.41) is 6.42. The van der Waals surface area contributed by atoms with E-state index in [4.69, 9.17) is 4.74 Å². The number of nitrogens with one attached hydrogen (secondary N) is 2. The van der Waals surface area contributed by atoms with E-state index in [1.54, 1.807) is 18.2 Å². The maximum atomic E-state index is 13.6. The van der Waals surface area contributed by atoms with Crippen molar-refractivity contribution in [2.75, 3.05) is 13.1 Å². The van der Waals surface area contributed by atoms with Gasteiger partial charge in [-0.1, -0.05) is 19.1 Å². The molecule has 1 unspecified atom stereocenters. The monoisotopic (exact) mass is 423 g/mol. The van der Waals surface area contributed by atoms with Crippen LogP contribution in [-0.4, -0.2) is 31.2 Å². The number of rotatable bonds is 7. The van der Waals surface area contributed by atoms with Gasteiger partial charge in [-0.05, 0) is 39.3 Å². The van der Waals surface area contributed by atoms with Gasteiger partial charge in [0.1, 0.15) is 6.10 Å². The van der Waals surface area contributed by atoms with Gasteiger partial charge in [-0.25, -0.2) is 9.38 Å². The highest BCUT2D eigenvalue weighted by atomic mass is 127. The fourth-order valence-electron chi connectivity index (χ4n) is 1.76. The predicted molar refractivity (Wildman–Crippen MR) is 101 cm³/mol. The molecule has 0 bridgehead atoms. The molecular formula is C16H27FIN3O. The zero-order valence-electron chi connectivity index (χ0n) is 13.7. The first-order valence-electron chi connectivity index (χ1n) is 7.52. The second kappa shape index (κ2) is 11.5. The van der Waals surface area contributed by atoms with E-state index >= 15 is 0 Å². The quantitative estimate of drug-likeness (QED) is 0.401. The first-order chi connectivity index (χ1) is 10.1. The number of nitrogens with zero attached hydrogens (tertiary/aromatic N) is 1. The standard InChI is InChI=1S/C16H26FN3O.HI/c1-5-13(21-15-10-8-7-9-14(15)17)11-19-16(18-6-2)20-12(3)4;/h7-10,12-13H,5-6,11H2,1-4H3,(H2,18,19,20);1H. The van der Waals surface area contributed by atoms with E-state index in [1.807, 2.05) is 13.8 Å². The molecule has 0 fully saturated rings. The summed E-state index contributed by atoms with van der Waals surface area (Å²) >= 11 is 0. The molecule has 0 aliphatic rings. The van der Waals surface area contributed by atoms with Crippen molar-refractivity contribution in [2.24, 2.45) is 4.99 Å². The van der Waals surface area contributed by atoms with E-state index < -0.39 is 0 Å². The topological polar surface area (TPSA) is 45.7 Å². The molecule has 0 saturated carbocycles. The largest absolute Gasteiger partial charge is 0.485 e. The molecule has 2 N–H and O–H groups in total. The zero-order valence-corrected chi connectivity index (χ0v) is 16.1. The van der Waals surface area contributed by atoms with Crippen molar-refractivity contribution in [3.05, 3.63) is 30.1 Å². The summed E-state index contributed by atoms with van der Waals surface area (Å²) in [4.78, 5) is 4.50. The third-order valence-corrected chi connectivity index (χ3v) is 2.81. The third kappa shape index (κ3) is 7.82. The van der Waals surface area contributed by atoms with Crippen molar-refractivity contribution >= 4 is 29.9 Å². The van der Waals surface area contributed by atoms with Gasteiger partial charge in [-0.3, -0.25) is 0 Å². The van der Waals surface area contributed by atoms with Gasteiger partial charge < -0.3 is 15.4 Å². The Morgan fingerprint density at radius 1 is 1.27 bits per heavy atom. The molecule has 0 heterocycles. The molecular weight excluding hydrogens is 396 g/mol. The van der Waals surface area contributed by atoms with Crippen LogP contribution >= 0.6 is 24.0 Å². The Hall–Kier alpha value is -1.05. The van der Waals surface area contributed by atoms with Gasteiger partial charge in [-0.15, -0.1) is 24.0 Å². The van der Waals surface area contributed by atoms with E-state index in [9.17, 15) is 4.39 Å². The van der Waals surface area contributed by atoms with E-state index in [-0.39, 0.29) is 41.6 Å². The van der Waals surface area contributed by atoms with Crippen LogP contribution in [0.1, 0.15) is 34.1 Å². The van der Waals surface area contributed by atoms with Gasteiger partial charge in [-0.2, -0.15) is 0 Å². The van der Waals surface area contributed by atoms with Crippen LogP contribution < -0.4 is 15.4 Å².